The first-order valence-corrected chi connectivity index (χ1v) is 10.7. The van der Waals surface area contributed by atoms with Crippen LogP contribution in [-0.2, 0) is 4.79 Å². The van der Waals surface area contributed by atoms with Crippen LogP contribution in [0.1, 0.15) is 25.7 Å². The molecular weight excluding hydrogens is 501 g/mol. The Morgan fingerprint density at radius 2 is 1.76 bits per heavy atom. The lowest BCUT2D eigenvalue weighted by molar-refractivity contribution is -0.130. The predicted molar refractivity (Wildman–Crippen MR) is 129 cm³/mol. The van der Waals surface area contributed by atoms with Gasteiger partial charge in [0.1, 0.15) is 0 Å². The van der Waals surface area contributed by atoms with Gasteiger partial charge in [-0.15, -0.1) is 24.0 Å². The van der Waals surface area contributed by atoms with Gasteiger partial charge in [0.15, 0.2) is 5.96 Å². The maximum absolute atomic E-state index is 12.7. The lowest BCUT2D eigenvalue weighted by Gasteiger charge is -2.38. The van der Waals surface area contributed by atoms with E-state index >= 15 is 0 Å². The van der Waals surface area contributed by atoms with Crippen LogP contribution in [0.5, 0.6) is 0 Å². The molecule has 1 spiro atoms. The Bertz CT molecular complexity index is 729. The topological polar surface area (TPSA) is 51.2 Å². The number of piperazine rings is 1. The van der Waals surface area contributed by atoms with Gasteiger partial charge in [-0.25, -0.2) is 0 Å². The van der Waals surface area contributed by atoms with Gasteiger partial charge < -0.3 is 20.0 Å². The van der Waals surface area contributed by atoms with E-state index < -0.39 is 0 Å². The average Bonchev–Trinajstić information content (AvgIpc) is 3.15. The van der Waals surface area contributed by atoms with Crippen LogP contribution in [0.2, 0.25) is 5.02 Å². The van der Waals surface area contributed by atoms with Gasteiger partial charge in [0.25, 0.3) is 0 Å². The number of nitrogens with zero attached hydrogens (tertiary/aromatic N) is 4. The molecule has 6 nitrogen and oxygen atoms in total. The minimum Gasteiger partial charge on any atom is -0.368 e. The van der Waals surface area contributed by atoms with E-state index in [1.165, 1.54) is 25.7 Å². The van der Waals surface area contributed by atoms with E-state index in [0.717, 1.165) is 55.9 Å². The lowest BCUT2D eigenvalue weighted by Crippen LogP contribution is -2.52. The number of guanidine groups is 1. The molecule has 2 aliphatic heterocycles. The van der Waals surface area contributed by atoms with Crippen molar-refractivity contribution in [1.29, 1.82) is 0 Å². The fraction of sp³-hybridized carbons (Fsp3) is 0.619. The van der Waals surface area contributed by atoms with Crippen molar-refractivity contribution < 1.29 is 4.79 Å². The van der Waals surface area contributed by atoms with Gasteiger partial charge in [-0.2, -0.15) is 0 Å². The molecule has 1 saturated carbocycles. The van der Waals surface area contributed by atoms with Gasteiger partial charge in [-0.05, 0) is 48.9 Å². The highest BCUT2D eigenvalue weighted by Gasteiger charge is 2.43. The van der Waals surface area contributed by atoms with Gasteiger partial charge in [-0.1, -0.05) is 18.0 Å². The summed E-state index contributed by atoms with van der Waals surface area (Å²) in [5, 5.41) is 4.05. The maximum Gasteiger partial charge on any atom is 0.242 e. The standard InChI is InChI=1S/C21H30ClN5O.HI/c1-23-20(27-10-9-21(16-27)7-2-8-21)24-15-19(28)26-13-11-25(12-14-26)18-5-3-17(22)4-6-18;/h3-6H,2,7-16H2,1H3,(H,23,24);1H. The number of likely N-dealkylation sites (tertiary alicyclic amines) is 1. The number of carbonyl (C=O) groups excluding carboxylic acids is 1. The third kappa shape index (κ3) is 5.10. The van der Waals surface area contributed by atoms with E-state index in [1.807, 2.05) is 36.2 Å². The summed E-state index contributed by atoms with van der Waals surface area (Å²) >= 11 is 5.97. The average molecular weight is 532 g/mol. The zero-order chi connectivity index (χ0) is 19.6. The van der Waals surface area contributed by atoms with E-state index in [2.05, 4.69) is 20.1 Å². The number of rotatable bonds is 3. The van der Waals surface area contributed by atoms with Crippen LogP contribution in [0.4, 0.5) is 5.69 Å². The van der Waals surface area contributed by atoms with Crippen LogP contribution in [0.3, 0.4) is 0 Å². The molecule has 0 radical (unpaired) electrons. The fourth-order valence-electron chi connectivity index (χ4n) is 4.67. The Labute approximate surface area is 195 Å². The first kappa shape index (κ1) is 22.5. The number of carbonyl (C=O) groups is 1. The second-order valence-electron chi connectivity index (χ2n) is 8.27. The number of hydrogen-bond acceptors (Lipinski definition) is 3. The molecule has 8 heteroatoms. The number of nitrogens with one attached hydrogen (secondary N) is 1. The summed E-state index contributed by atoms with van der Waals surface area (Å²) < 4.78 is 0. The van der Waals surface area contributed by atoms with Crippen LogP contribution < -0.4 is 10.2 Å². The Hall–Kier alpha value is -1.22. The minimum atomic E-state index is 0. The molecule has 1 amide bonds. The van der Waals surface area contributed by atoms with Crippen LogP contribution >= 0.6 is 35.6 Å². The SMILES string of the molecule is CN=C(NCC(=O)N1CCN(c2ccc(Cl)cc2)CC1)N1CCC2(CCC2)C1.I. The van der Waals surface area contributed by atoms with Crippen LogP contribution in [0, 0.1) is 5.41 Å². The lowest BCUT2D eigenvalue weighted by atomic mass is 9.68. The van der Waals surface area contributed by atoms with E-state index in [9.17, 15) is 4.79 Å². The smallest absolute Gasteiger partial charge is 0.242 e. The molecule has 4 rings (SSSR count). The molecule has 2 saturated heterocycles. The summed E-state index contributed by atoms with van der Waals surface area (Å²) in [6.45, 7) is 5.63. The summed E-state index contributed by atoms with van der Waals surface area (Å²) in [4.78, 5) is 23.7. The number of halogens is 2. The Kier molecular flexibility index (Phi) is 7.53. The third-order valence-electron chi connectivity index (χ3n) is 6.59. The van der Waals surface area contributed by atoms with Gasteiger partial charge in [0, 0.05) is 57.0 Å². The van der Waals surface area contributed by atoms with Gasteiger partial charge in [-0.3, -0.25) is 9.79 Å². The molecule has 160 valence electrons. The highest BCUT2D eigenvalue weighted by atomic mass is 127. The first-order valence-electron chi connectivity index (χ1n) is 10.3. The Morgan fingerprint density at radius 3 is 2.31 bits per heavy atom. The number of benzene rings is 1. The zero-order valence-corrected chi connectivity index (χ0v) is 20.2. The van der Waals surface area contributed by atoms with E-state index in [-0.39, 0.29) is 29.9 Å². The van der Waals surface area contributed by atoms with Gasteiger partial charge in [0.05, 0.1) is 6.54 Å². The monoisotopic (exact) mass is 531 g/mol. The van der Waals surface area contributed by atoms with Crippen LogP contribution in [0.15, 0.2) is 29.3 Å². The largest absolute Gasteiger partial charge is 0.368 e. The zero-order valence-electron chi connectivity index (χ0n) is 17.1. The van der Waals surface area contributed by atoms with Crippen LogP contribution in [0.25, 0.3) is 0 Å². The highest BCUT2D eigenvalue weighted by Crippen LogP contribution is 2.47. The van der Waals surface area contributed by atoms with Crippen molar-refractivity contribution in [2.24, 2.45) is 10.4 Å². The summed E-state index contributed by atoms with van der Waals surface area (Å²) in [6, 6.07) is 7.90. The molecular formula is C21H31ClIN5O. The van der Waals surface area contributed by atoms with Gasteiger partial charge >= 0.3 is 0 Å². The summed E-state index contributed by atoms with van der Waals surface area (Å²) in [5.74, 6) is 1.02. The molecule has 0 unspecified atom stereocenters. The van der Waals surface area contributed by atoms with Crippen molar-refractivity contribution in [1.82, 2.24) is 15.1 Å². The Morgan fingerprint density at radius 1 is 1.07 bits per heavy atom. The number of anilines is 1. The summed E-state index contributed by atoms with van der Waals surface area (Å²) in [6.07, 6.45) is 5.31. The van der Waals surface area contributed by atoms with E-state index in [1.54, 1.807) is 0 Å². The normalized spacial score (nSPS) is 21.0. The van der Waals surface area contributed by atoms with Crippen LogP contribution in [-0.4, -0.2) is 74.5 Å². The van der Waals surface area contributed by atoms with Crippen molar-refractivity contribution in [2.45, 2.75) is 25.7 Å². The molecule has 0 atom stereocenters. The molecule has 1 N–H and O–H groups in total. The number of aliphatic imine (C=N–C) groups is 1. The van der Waals surface area contributed by atoms with E-state index in [0.29, 0.717) is 12.0 Å². The molecule has 29 heavy (non-hydrogen) atoms. The molecule has 3 fully saturated rings. The molecule has 0 aromatic heterocycles. The molecule has 1 aliphatic carbocycles. The number of hydrogen-bond donors (Lipinski definition) is 1. The quantitative estimate of drug-likeness (QED) is 0.370. The second kappa shape index (κ2) is 9.73. The molecule has 1 aromatic rings. The Balaban J connectivity index is 0.00000240. The van der Waals surface area contributed by atoms with Crippen molar-refractivity contribution in [2.75, 3.05) is 57.8 Å². The van der Waals surface area contributed by atoms with Gasteiger partial charge in [0.2, 0.25) is 5.91 Å². The summed E-state index contributed by atoms with van der Waals surface area (Å²) in [5.41, 5.74) is 1.69. The second-order valence-corrected chi connectivity index (χ2v) is 8.71. The third-order valence-corrected chi connectivity index (χ3v) is 6.84. The first-order chi connectivity index (χ1) is 13.6. The van der Waals surface area contributed by atoms with Crippen molar-refractivity contribution >= 4 is 53.1 Å². The minimum absolute atomic E-state index is 0. The fourth-order valence-corrected chi connectivity index (χ4v) is 4.79. The molecule has 3 aliphatic rings. The predicted octanol–water partition coefficient (Wildman–Crippen LogP) is 3.06. The molecule has 0 bridgehead atoms. The molecule has 2 heterocycles. The maximum atomic E-state index is 12.7. The number of amides is 1. The van der Waals surface area contributed by atoms with E-state index in [4.69, 9.17) is 11.6 Å². The van der Waals surface area contributed by atoms with Crippen molar-refractivity contribution in [3.05, 3.63) is 29.3 Å². The van der Waals surface area contributed by atoms with Crippen molar-refractivity contribution in [3.63, 3.8) is 0 Å². The highest BCUT2D eigenvalue weighted by molar-refractivity contribution is 14.0. The van der Waals surface area contributed by atoms with Crippen molar-refractivity contribution in [3.8, 4) is 0 Å². The molecule has 1 aromatic carbocycles. The summed E-state index contributed by atoms with van der Waals surface area (Å²) in [7, 11) is 1.81.